The summed E-state index contributed by atoms with van der Waals surface area (Å²) < 4.78 is 26.6. The summed E-state index contributed by atoms with van der Waals surface area (Å²) in [6.45, 7) is 1.36. The molecule has 0 spiro atoms. The molecule has 1 fully saturated rings. The Morgan fingerprint density at radius 3 is 2.42 bits per heavy atom. The highest BCUT2D eigenvalue weighted by Crippen LogP contribution is 2.17. The Bertz CT molecular complexity index is 818. The quantitative estimate of drug-likeness (QED) is 0.910. The number of hydrogen-bond acceptors (Lipinski definition) is 3. The van der Waals surface area contributed by atoms with Gasteiger partial charge in [0.1, 0.15) is 17.3 Å². The van der Waals surface area contributed by atoms with Crippen LogP contribution in [0, 0.1) is 11.6 Å². The summed E-state index contributed by atoms with van der Waals surface area (Å²) in [5.41, 5.74) is 0.231. The molecule has 2 aromatic rings. The molecule has 0 bridgehead atoms. The first-order chi connectivity index (χ1) is 12.5. The lowest BCUT2D eigenvalue weighted by Gasteiger charge is -2.19. The summed E-state index contributed by atoms with van der Waals surface area (Å²) in [5.74, 6) is -2.40. The minimum atomic E-state index is -0.867. The van der Waals surface area contributed by atoms with Crippen molar-refractivity contribution in [1.82, 2.24) is 9.88 Å². The molecule has 5 nitrogen and oxygen atoms in total. The fourth-order valence-corrected chi connectivity index (χ4v) is 2.91. The number of halogens is 2. The number of carbonyl (C=O) groups excluding carboxylic acids is 2. The normalized spacial score (nSPS) is 14.6. The Kier molecular flexibility index (Phi) is 5.55. The Labute approximate surface area is 150 Å². The van der Waals surface area contributed by atoms with Gasteiger partial charge in [-0.2, -0.15) is 0 Å². The molecule has 0 saturated carbocycles. The molecule has 26 heavy (non-hydrogen) atoms. The minimum absolute atomic E-state index is 0.131. The molecule has 2 amide bonds. The fourth-order valence-electron chi connectivity index (χ4n) is 2.91. The predicted molar refractivity (Wildman–Crippen MR) is 92.9 cm³/mol. The molecule has 7 heteroatoms. The Balaban J connectivity index is 1.75. The van der Waals surface area contributed by atoms with Gasteiger partial charge in [-0.3, -0.25) is 14.6 Å². The van der Waals surface area contributed by atoms with Gasteiger partial charge in [-0.05, 0) is 37.1 Å². The third-order valence-corrected chi connectivity index (χ3v) is 4.31. The molecule has 3 rings (SSSR count). The number of nitrogens with one attached hydrogen (secondary N) is 1. The van der Waals surface area contributed by atoms with Crippen LogP contribution in [0.25, 0.3) is 0 Å². The smallest absolute Gasteiger partial charge is 0.272 e. The zero-order valence-corrected chi connectivity index (χ0v) is 14.2. The van der Waals surface area contributed by atoms with E-state index in [4.69, 9.17) is 0 Å². The maximum Gasteiger partial charge on any atom is 0.272 e. The van der Waals surface area contributed by atoms with Gasteiger partial charge in [0.05, 0.1) is 5.69 Å². The molecule has 1 saturated heterocycles. The fraction of sp³-hybridized carbons (Fsp3) is 0.316. The number of hydrogen-bond donors (Lipinski definition) is 1. The van der Waals surface area contributed by atoms with Crippen LogP contribution in [0.4, 0.5) is 14.5 Å². The summed E-state index contributed by atoms with van der Waals surface area (Å²) in [6.07, 6.45) is 5.48. The van der Waals surface area contributed by atoms with Crippen molar-refractivity contribution in [2.24, 2.45) is 0 Å². The number of anilines is 1. The van der Waals surface area contributed by atoms with Crippen LogP contribution in [0.1, 0.15) is 46.5 Å². The van der Waals surface area contributed by atoms with Gasteiger partial charge in [-0.15, -0.1) is 0 Å². The van der Waals surface area contributed by atoms with E-state index in [1.54, 1.807) is 4.90 Å². The molecule has 0 aliphatic carbocycles. The molecule has 1 aliphatic heterocycles. The van der Waals surface area contributed by atoms with Crippen molar-refractivity contribution in [3.8, 4) is 0 Å². The van der Waals surface area contributed by atoms with Crippen LogP contribution in [-0.4, -0.2) is 34.8 Å². The Morgan fingerprint density at radius 1 is 1.00 bits per heavy atom. The highest BCUT2D eigenvalue weighted by molar-refractivity contribution is 6.05. The van der Waals surface area contributed by atoms with E-state index in [0.717, 1.165) is 37.8 Å². The third-order valence-electron chi connectivity index (χ3n) is 4.31. The number of pyridine rings is 1. The van der Waals surface area contributed by atoms with Crippen LogP contribution in [0.5, 0.6) is 0 Å². The van der Waals surface area contributed by atoms with E-state index in [2.05, 4.69) is 10.3 Å². The maximum absolute atomic E-state index is 13.7. The van der Waals surface area contributed by atoms with E-state index in [1.165, 1.54) is 18.3 Å². The number of benzene rings is 1. The van der Waals surface area contributed by atoms with E-state index in [9.17, 15) is 18.4 Å². The monoisotopic (exact) mass is 359 g/mol. The van der Waals surface area contributed by atoms with Crippen LogP contribution in [0.3, 0.4) is 0 Å². The van der Waals surface area contributed by atoms with Gasteiger partial charge in [0.15, 0.2) is 0 Å². The molecule has 0 atom stereocenters. The van der Waals surface area contributed by atoms with Gasteiger partial charge < -0.3 is 10.2 Å². The van der Waals surface area contributed by atoms with Crippen molar-refractivity contribution < 1.29 is 18.4 Å². The highest BCUT2D eigenvalue weighted by Gasteiger charge is 2.20. The maximum atomic E-state index is 13.7. The highest BCUT2D eigenvalue weighted by atomic mass is 19.1. The summed E-state index contributed by atoms with van der Waals surface area (Å²) in [6, 6.07) is 5.73. The second-order valence-corrected chi connectivity index (χ2v) is 6.21. The van der Waals surface area contributed by atoms with Crippen LogP contribution in [0.2, 0.25) is 0 Å². The van der Waals surface area contributed by atoms with Crippen molar-refractivity contribution in [2.75, 3.05) is 18.4 Å². The molecule has 1 aliphatic rings. The van der Waals surface area contributed by atoms with Gasteiger partial charge in [0, 0.05) is 30.9 Å². The van der Waals surface area contributed by atoms with E-state index in [0.29, 0.717) is 19.2 Å². The van der Waals surface area contributed by atoms with Crippen molar-refractivity contribution in [3.63, 3.8) is 0 Å². The van der Waals surface area contributed by atoms with Gasteiger partial charge in [-0.1, -0.05) is 12.8 Å². The molecule has 0 radical (unpaired) electrons. The lowest BCUT2D eigenvalue weighted by molar-refractivity contribution is 0.0755. The van der Waals surface area contributed by atoms with Crippen molar-refractivity contribution >= 4 is 17.5 Å². The molecular weight excluding hydrogens is 340 g/mol. The van der Waals surface area contributed by atoms with Crippen molar-refractivity contribution in [1.29, 1.82) is 0 Å². The van der Waals surface area contributed by atoms with Crippen LogP contribution in [0.15, 0.2) is 36.5 Å². The van der Waals surface area contributed by atoms with Crippen molar-refractivity contribution in [2.45, 2.75) is 25.7 Å². The predicted octanol–water partition coefficient (Wildman–Crippen LogP) is 3.63. The van der Waals surface area contributed by atoms with Crippen LogP contribution in [-0.2, 0) is 0 Å². The summed E-state index contributed by atoms with van der Waals surface area (Å²) in [7, 11) is 0. The number of aromatic nitrogens is 1. The SMILES string of the molecule is O=C(Nc1ccc(F)cc1F)c1ccnc(C(=O)N2CCCCCC2)c1. The first-order valence-corrected chi connectivity index (χ1v) is 8.56. The van der Waals surface area contributed by atoms with Gasteiger partial charge in [0.2, 0.25) is 0 Å². The van der Waals surface area contributed by atoms with Gasteiger partial charge in [0.25, 0.3) is 11.8 Å². The van der Waals surface area contributed by atoms with Gasteiger partial charge in [-0.25, -0.2) is 8.78 Å². The number of amides is 2. The van der Waals surface area contributed by atoms with E-state index in [1.807, 2.05) is 0 Å². The third kappa shape index (κ3) is 4.22. The molecule has 1 N–H and O–H groups in total. The topological polar surface area (TPSA) is 62.3 Å². The second kappa shape index (κ2) is 8.03. The van der Waals surface area contributed by atoms with E-state index in [-0.39, 0.29) is 22.9 Å². The molecule has 2 heterocycles. The Hall–Kier alpha value is -2.83. The lowest BCUT2D eigenvalue weighted by atomic mass is 10.2. The number of nitrogens with zero attached hydrogens (tertiary/aromatic N) is 2. The first kappa shape index (κ1) is 18.0. The van der Waals surface area contributed by atoms with E-state index >= 15 is 0 Å². The molecule has 136 valence electrons. The summed E-state index contributed by atoms with van der Waals surface area (Å²) in [4.78, 5) is 30.8. The molecular formula is C19H19F2N3O2. The molecule has 0 unspecified atom stereocenters. The average molecular weight is 359 g/mol. The first-order valence-electron chi connectivity index (χ1n) is 8.56. The number of carbonyl (C=O) groups is 2. The zero-order chi connectivity index (χ0) is 18.5. The Morgan fingerprint density at radius 2 is 1.73 bits per heavy atom. The lowest BCUT2D eigenvalue weighted by Crippen LogP contribution is -2.32. The van der Waals surface area contributed by atoms with Crippen LogP contribution >= 0.6 is 0 Å². The standard InChI is InChI=1S/C19H19F2N3O2/c20-14-5-6-16(15(21)12-14)23-18(25)13-7-8-22-17(11-13)19(26)24-9-3-1-2-4-10-24/h5-8,11-12H,1-4,9-10H2,(H,23,25). The summed E-state index contributed by atoms with van der Waals surface area (Å²) in [5, 5.41) is 2.38. The minimum Gasteiger partial charge on any atom is -0.337 e. The molecule has 1 aromatic carbocycles. The van der Waals surface area contributed by atoms with Crippen LogP contribution < -0.4 is 5.32 Å². The second-order valence-electron chi connectivity index (χ2n) is 6.21. The van der Waals surface area contributed by atoms with E-state index < -0.39 is 17.5 Å². The van der Waals surface area contributed by atoms with Gasteiger partial charge >= 0.3 is 0 Å². The number of likely N-dealkylation sites (tertiary alicyclic amines) is 1. The number of rotatable bonds is 3. The van der Waals surface area contributed by atoms with Crippen molar-refractivity contribution in [3.05, 3.63) is 59.4 Å². The zero-order valence-electron chi connectivity index (χ0n) is 14.2. The summed E-state index contributed by atoms with van der Waals surface area (Å²) >= 11 is 0. The largest absolute Gasteiger partial charge is 0.337 e. The molecule has 1 aromatic heterocycles. The average Bonchev–Trinajstić information content (AvgIpc) is 2.93.